The lowest BCUT2D eigenvalue weighted by Gasteiger charge is -2.36. The lowest BCUT2D eigenvalue weighted by Crippen LogP contribution is -2.46. The average Bonchev–Trinajstić information content (AvgIpc) is 2.59. The average molecular weight is 324 g/mol. The van der Waals surface area contributed by atoms with Crippen molar-refractivity contribution in [2.75, 3.05) is 31.1 Å². The summed E-state index contributed by atoms with van der Waals surface area (Å²) in [5, 5.41) is 11.2. The molecule has 5 nitrogen and oxygen atoms in total. The molecule has 1 radical (unpaired) electrons. The Kier molecular flexibility index (Phi) is 4.81. The third-order valence-corrected chi connectivity index (χ3v) is 4.73. The predicted molar refractivity (Wildman–Crippen MR) is 95.3 cm³/mol. The molecule has 5 heteroatoms. The van der Waals surface area contributed by atoms with Crippen LogP contribution in [0.25, 0.3) is 0 Å². The highest BCUT2D eigenvalue weighted by Gasteiger charge is 2.23. The SMILES string of the molecule is Cc1cccc(C)c1CN1CCN(c2ccc[c]c2[N+](=O)[O-])CC1. The highest BCUT2D eigenvalue weighted by atomic mass is 16.6. The Morgan fingerprint density at radius 1 is 1.08 bits per heavy atom. The number of hydrogen-bond donors (Lipinski definition) is 0. The van der Waals surface area contributed by atoms with Crippen LogP contribution in [0.15, 0.2) is 36.4 Å². The largest absolute Gasteiger partial charge is 0.363 e. The minimum absolute atomic E-state index is 0.0701. The molecule has 1 fully saturated rings. The first-order chi connectivity index (χ1) is 11.6. The van der Waals surface area contributed by atoms with Gasteiger partial charge in [-0.05, 0) is 42.7 Å². The van der Waals surface area contributed by atoms with E-state index in [1.807, 2.05) is 12.1 Å². The molecule has 2 aromatic carbocycles. The second kappa shape index (κ2) is 7.01. The van der Waals surface area contributed by atoms with Crippen LogP contribution >= 0.6 is 0 Å². The maximum Gasteiger partial charge on any atom is 0.300 e. The van der Waals surface area contributed by atoms with E-state index < -0.39 is 0 Å². The number of aryl methyl sites for hydroxylation is 2. The molecule has 0 aromatic heterocycles. The number of benzene rings is 2. The van der Waals surface area contributed by atoms with Crippen molar-refractivity contribution >= 4 is 11.4 Å². The topological polar surface area (TPSA) is 49.6 Å². The lowest BCUT2D eigenvalue weighted by atomic mass is 10.0. The second-order valence-corrected chi connectivity index (χ2v) is 6.29. The summed E-state index contributed by atoms with van der Waals surface area (Å²) in [6.45, 7) is 8.64. The molecule has 1 aliphatic rings. The van der Waals surface area contributed by atoms with Crippen molar-refractivity contribution in [2.45, 2.75) is 20.4 Å². The van der Waals surface area contributed by atoms with Crippen LogP contribution in [0.2, 0.25) is 0 Å². The summed E-state index contributed by atoms with van der Waals surface area (Å²) in [5.74, 6) is 0. The van der Waals surface area contributed by atoms with E-state index in [0.29, 0.717) is 5.69 Å². The molecule has 0 aliphatic carbocycles. The minimum atomic E-state index is -0.349. The Labute approximate surface area is 142 Å². The fourth-order valence-electron chi connectivity index (χ4n) is 3.29. The maximum absolute atomic E-state index is 11.2. The smallest absolute Gasteiger partial charge is 0.300 e. The van der Waals surface area contributed by atoms with Gasteiger partial charge in [0, 0.05) is 32.7 Å². The molecule has 1 aliphatic heterocycles. The number of nitro benzene ring substituents is 1. The molecule has 0 amide bonds. The van der Waals surface area contributed by atoms with Gasteiger partial charge in [-0.15, -0.1) is 0 Å². The summed E-state index contributed by atoms with van der Waals surface area (Å²) < 4.78 is 0. The van der Waals surface area contributed by atoms with E-state index in [-0.39, 0.29) is 10.6 Å². The first-order valence-electron chi connectivity index (χ1n) is 8.24. The van der Waals surface area contributed by atoms with Gasteiger partial charge in [0.05, 0.1) is 11.0 Å². The molecule has 0 spiro atoms. The summed E-state index contributed by atoms with van der Waals surface area (Å²) in [4.78, 5) is 15.3. The number of anilines is 1. The molecule has 1 saturated heterocycles. The first-order valence-corrected chi connectivity index (χ1v) is 8.24. The van der Waals surface area contributed by atoms with E-state index >= 15 is 0 Å². The number of rotatable bonds is 4. The van der Waals surface area contributed by atoms with Crippen LogP contribution in [0.4, 0.5) is 11.4 Å². The summed E-state index contributed by atoms with van der Waals surface area (Å²) in [5.41, 5.74) is 4.79. The van der Waals surface area contributed by atoms with Crippen molar-refractivity contribution in [1.82, 2.24) is 4.90 Å². The molecule has 0 saturated carbocycles. The zero-order chi connectivity index (χ0) is 17.1. The van der Waals surface area contributed by atoms with Gasteiger partial charge in [-0.3, -0.25) is 15.0 Å². The van der Waals surface area contributed by atoms with Gasteiger partial charge in [-0.25, -0.2) is 0 Å². The molecular weight excluding hydrogens is 302 g/mol. The zero-order valence-corrected chi connectivity index (χ0v) is 14.2. The van der Waals surface area contributed by atoms with E-state index in [1.165, 1.54) is 16.7 Å². The maximum atomic E-state index is 11.2. The minimum Gasteiger partial charge on any atom is -0.363 e. The van der Waals surface area contributed by atoms with Crippen molar-refractivity contribution in [2.24, 2.45) is 0 Å². The van der Waals surface area contributed by atoms with E-state index in [1.54, 1.807) is 6.07 Å². The summed E-state index contributed by atoms with van der Waals surface area (Å²) in [6, 6.07) is 14.4. The van der Waals surface area contributed by atoms with Crippen LogP contribution < -0.4 is 4.90 Å². The van der Waals surface area contributed by atoms with E-state index in [4.69, 9.17) is 0 Å². The van der Waals surface area contributed by atoms with Crippen LogP contribution in [0.1, 0.15) is 16.7 Å². The standard InChI is InChI=1S/C19H22N3O2/c1-15-6-5-7-16(2)17(15)14-20-10-12-21(13-11-20)18-8-3-4-9-19(18)22(23)24/h3-8H,10-14H2,1-2H3. The highest BCUT2D eigenvalue weighted by Crippen LogP contribution is 2.28. The van der Waals surface area contributed by atoms with Gasteiger partial charge in [0.25, 0.3) is 0 Å². The summed E-state index contributed by atoms with van der Waals surface area (Å²) >= 11 is 0. The van der Waals surface area contributed by atoms with E-state index in [9.17, 15) is 10.1 Å². The molecule has 1 heterocycles. The van der Waals surface area contributed by atoms with Crippen molar-refractivity contribution in [3.63, 3.8) is 0 Å². The number of para-hydroxylation sites is 1. The molecule has 3 rings (SSSR count). The van der Waals surface area contributed by atoms with Gasteiger partial charge >= 0.3 is 5.69 Å². The van der Waals surface area contributed by atoms with E-state index in [0.717, 1.165) is 32.7 Å². The quantitative estimate of drug-likeness (QED) is 0.639. The zero-order valence-electron chi connectivity index (χ0n) is 14.2. The normalized spacial score (nSPS) is 15.5. The number of piperazine rings is 1. The second-order valence-electron chi connectivity index (χ2n) is 6.29. The van der Waals surface area contributed by atoms with Crippen LogP contribution in [-0.4, -0.2) is 36.0 Å². The molecule has 0 atom stereocenters. The van der Waals surface area contributed by atoms with E-state index in [2.05, 4.69) is 47.9 Å². The predicted octanol–water partition coefficient (Wildman–Crippen LogP) is 3.33. The lowest BCUT2D eigenvalue weighted by molar-refractivity contribution is -0.384. The van der Waals surface area contributed by atoms with Gasteiger partial charge in [-0.2, -0.15) is 0 Å². The Bertz CT molecular complexity index is 717. The Morgan fingerprint density at radius 3 is 2.38 bits per heavy atom. The van der Waals surface area contributed by atoms with Crippen molar-refractivity contribution < 1.29 is 4.92 Å². The van der Waals surface area contributed by atoms with Gasteiger partial charge in [0.15, 0.2) is 0 Å². The number of nitrogens with zero attached hydrogens (tertiary/aromatic N) is 3. The van der Waals surface area contributed by atoms with Gasteiger partial charge < -0.3 is 4.90 Å². The third-order valence-electron chi connectivity index (χ3n) is 4.73. The third kappa shape index (κ3) is 3.41. The molecule has 0 N–H and O–H groups in total. The van der Waals surface area contributed by atoms with Gasteiger partial charge in [0.2, 0.25) is 0 Å². The molecule has 125 valence electrons. The van der Waals surface area contributed by atoms with Gasteiger partial charge in [0.1, 0.15) is 5.69 Å². The molecule has 24 heavy (non-hydrogen) atoms. The van der Waals surface area contributed by atoms with Crippen LogP contribution in [0.3, 0.4) is 0 Å². The number of nitro groups is 1. The molecule has 0 unspecified atom stereocenters. The van der Waals surface area contributed by atoms with Crippen LogP contribution in [-0.2, 0) is 6.54 Å². The van der Waals surface area contributed by atoms with Crippen LogP contribution in [0.5, 0.6) is 0 Å². The summed E-state index contributed by atoms with van der Waals surface area (Å²) in [7, 11) is 0. The van der Waals surface area contributed by atoms with Crippen molar-refractivity contribution in [1.29, 1.82) is 0 Å². The summed E-state index contributed by atoms with van der Waals surface area (Å²) in [6.07, 6.45) is 0. The Morgan fingerprint density at radius 2 is 1.75 bits per heavy atom. The molecule has 2 aromatic rings. The number of hydrogen-bond acceptors (Lipinski definition) is 4. The van der Waals surface area contributed by atoms with Crippen molar-refractivity contribution in [3.05, 3.63) is 69.3 Å². The van der Waals surface area contributed by atoms with Crippen LogP contribution in [0, 0.1) is 30.0 Å². The monoisotopic (exact) mass is 324 g/mol. The highest BCUT2D eigenvalue weighted by molar-refractivity contribution is 5.62. The van der Waals surface area contributed by atoms with Gasteiger partial charge in [-0.1, -0.05) is 24.3 Å². The Hall–Kier alpha value is -2.40. The first kappa shape index (κ1) is 16.5. The Balaban J connectivity index is 1.67. The fraction of sp³-hybridized carbons (Fsp3) is 0.368. The molecular formula is C19H22N3O2. The van der Waals surface area contributed by atoms with Crippen molar-refractivity contribution in [3.8, 4) is 0 Å². The molecule has 0 bridgehead atoms. The fourth-order valence-corrected chi connectivity index (χ4v) is 3.29.